The van der Waals surface area contributed by atoms with Crippen LogP contribution in [0.5, 0.6) is 0 Å². The van der Waals surface area contributed by atoms with Gasteiger partial charge in [-0.25, -0.2) is 0 Å². The van der Waals surface area contributed by atoms with Crippen LogP contribution < -0.4 is 10.6 Å². The Balaban J connectivity index is 2.15. The van der Waals surface area contributed by atoms with E-state index in [9.17, 15) is 0 Å². The Morgan fingerprint density at radius 2 is 2.29 bits per heavy atom. The lowest BCUT2D eigenvalue weighted by molar-refractivity contribution is 0.396. The molecule has 2 rings (SSSR count). The van der Waals surface area contributed by atoms with Crippen LogP contribution in [0.1, 0.15) is 30.9 Å². The third-order valence-corrected chi connectivity index (χ3v) is 3.37. The molecule has 17 heavy (non-hydrogen) atoms. The molecular weight excluding hydrogens is 210 g/mol. The van der Waals surface area contributed by atoms with Crippen molar-refractivity contribution in [2.75, 3.05) is 11.9 Å². The highest BCUT2D eigenvalue weighted by atomic mass is 15.0. The van der Waals surface area contributed by atoms with Gasteiger partial charge in [-0.2, -0.15) is 5.26 Å². The largest absolute Gasteiger partial charge is 0.381 e. The number of nitrogens with zero attached hydrogens (tertiary/aromatic N) is 1. The van der Waals surface area contributed by atoms with E-state index >= 15 is 0 Å². The molecule has 1 fully saturated rings. The van der Waals surface area contributed by atoms with Crippen LogP contribution in [-0.4, -0.2) is 18.6 Å². The van der Waals surface area contributed by atoms with Crippen molar-refractivity contribution in [2.45, 2.75) is 38.8 Å². The molecule has 0 spiro atoms. The van der Waals surface area contributed by atoms with Crippen LogP contribution in [0.4, 0.5) is 5.69 Å². The first-order chi connectivity index (χ1) is 8.20. The number of nitriles is 1. The summed E-state index contributed by atoms with van der Waals surface area (Å²) in [5.74, 6) is 0. The number of benzene rings is 1. The SMILES string of the molecule is Cc1cccc(C#N)c1NC1CCNC(C)C1. The van der Waals surface area contributed by atoms with E-state index in [-0.39, 0.29) is 0 Å². The van der Waals surface area contributed by atoms with Crippen molar-refractivity contribution in [1.82, 2.24) is 5.32 Å². The Hall–Kier alpha value is -1.53. The van der Waals surface area contributed by atoms with Gasteiger partial charge >= 0.3 is 0 Å². The van der Waals surface area contributed by atoms with Gasteiger partial charge in [0.05, 0.1) is 11.3 Å². The van der Waals surface area contributed by atoms with E-state index < -0.39 is 0 Å². The summed E-state index contributed by atoms with van der Waals surface area (Å²) in [5, 5.41) is 16.1. The molecule has 2 N–H and O–H groups in total. The van der Waals surface area contributed by atoms with Gasteiger partial charge in [0, 0.05) is 12.1 Å². The third-order valence-electron chi connectivity index (χ3n) is 3.37. The minimum atomic E-state index is 0.472. The van der Waals surface area contributed by atoms with Crippen molar-refractivity contribution in [3.63, 3.8) is 0 Å². The van der Waals surface area contributed by atoms with Gasteiger partial charge < -0.3 is 10.6 Å². The standard InChI is InChI=1S/C14H19N3/c1-10-4-3-5-12(9-15)14(10)17-13-6-7-16-11(2)8-13/h3-5,11,13,16-17H,6-8H2,1-2H3. The maximum absolute atomic E-state index is 9.12. The third kappa shape index (κ3) is 2.78. The molecule has 0 amide bonds. The van der Waals surface area contributed by atoms with Crippen molar-refractivity contribution in [2.24, 2.45) is 0 Å². The molecule has 3 heteroatoms. The van der Waals surface area contributed by atoms with Crippen LogP contribution in [0.2, 0.25) is 0 Å². The summed E-state index contributed by atoms with van der Waals surface area (Å²) in [6, 6.07) is 9.14. The number of hydrogen-bond acceptors (Lipinski definition) is 3. The summed E-state index contributed by atoms with van der Waals surface area (Å²) in [7, 11) is 0. The summed E-state index contributed by atoms with van der Waals surface area (Å²) < 4.78 is 0. The van der Waals surface area contributed by atoms with Gasteiger partial charge in [-0.3, -0.25) is 0 Å². The van der Waals surface area contributed by atoms with Crippen LogP contribution in [0, 0.1) is 18.3 Å². The number of piperidine rings is 1. The fourth-order valence-corrected chi connectivity index (χ4v) is 2.42. The van der Waals surface area contributed by atoms with Gasteiger partial charge in [0.25, 0.3) is 0 Å². The smallest absolute Gasteiger partial charge is 0.101 e. The monoisotopic (exact) mass is 229 g/mol. The average molecular weight is 229 g/mol. The van der Waals surface area contributed by atoms with E-state index in [1.807, 2.05) is 25.1 Å². The second-order valence-electron chi connectivity index (χ2n) is 4.83. The Labute approximate surface area is 103 Å². The number of para-hydroxylation sites is 1. The average Bonchev–Trinajstić information content (AvgIpc) is 2.32. The molecule has 0 bridgehead atoms. The van der Waals surface area contributed by atoms with Gasteiger partial charge in [0.15, 0.2) is 0 Å². The zero-order valence-corrected chi connectivity index (χ0v) is 10.5. The lowest BCUT2D eigenvalue weighted by Gasteiger charge is -2.30. The van der Waals surface area contributed by atoms with E-state index in [1.165, 1.54) is 0 Å². The highest BCUT2D eigenvalue weighted by Gasteiger charge is 2.19. The molecule has 90 valence electrons. The molecule has 1 heterocycles. The van der Waals surface area contributed by atoms with Gasteiger partial charge in [-0.15, -0.1) is 0 Å². The van der Waals surface area contributed by atoms with Crippen LogP contribution in [0.3, 0.4) is 0 Å². The fourth-order valence-electron chi connectivity index (χ4n) is 2.42. The molecule has 2 atom stereocenters. The molecule has 1 saturated heterocycles. The van der Waals surface area contributed by atoms with E-state index in [0.717, 1.165) is 36.2 Å². The lowest BCUT2D eigenvalue weighted by Crippen LogP contribution is -2.41. The van der Waals surface area contributed by atoms with Crippen molar-refractivity contribution >= 4 is 5.69 Å². The number of nitrogens with one attached hydrogen (secondary N) is 2. The Morgan fingerprint density at radius 1 is 1.47 bits per heavy atom. The summed E-state index contributed by atoms with van der Waals surface area (Å²) in [5.41, 5.74) is 2.90. The number of hydrogen-bond donors (Lipinski definition) is 2. The predicted octanol–water partition coefficient (Wildman–Crippen LogP) is 2.42. The lowest BCUT2D eigenvalue weighted by atomic mass is 9.99. The zero-order chi connectivity index (χ0) is 12.3. The van der Waals surface area contributed by atoms with Crippen LogP contribution >= 0.6 is 0 Å². The quantitative estimate of drug-likeness (QED) is 0.818. The zero-order valence-electron chi connectivity index (χ0n) is 10.5. The van der Waals surface area contributed by atoms with Gasteiger partial charge in [0.2, 0.25) is 0 Å². The van der Waals surface area contributed by atoms with Crippen molar-refractivity contribution in [3.8, 4) is 6.07 Å². The molecule has 3 nitrogen and oxygen atoms in total. The summed E-state index contributed by atoms with van der Waals surface area (Å²) in [4.78, 5) is 0. The molecule has 0 radical (unpaired) electrons. The van der Waals surface area contributed by atoms with Gasteiger partial charge in [-0.05, 0) is 44.9 Å². The molecule has 0 saturated carbocycles. The van der Waals surface area contributed by atoms with E-state index in [1.54, 1.807) is 0 Å². The first kappa shape index (κ1) is 11.9. The van der Waals surface area contributed by atoms with Crippen LogP contribution in [0.25, 0.3) is 0 Å². The molecule has 0 aliphatic carbocycles. The Morgan fingerprint density at radius 3 is 3.00 bits per heavy atom. The second kappa shape index (κ2) is 5.20. The number of aryl methyl sites for hydroxylation is 1. The summed E-state index contributed by atoms with van der Waals surface area (Å²) >= 11 is 0. The second-order valence-corrected chi connectivity index (χ2v) is 4.83. The molecule has 2 unspecified atom stereocenters. The Bertz CT molecular complexity index is 434. The van der Waals surface area contributed by atoms with Crippen LogP contribution in [-0.2, 0) is 0 Å². The number of anilines is 1. The normalized spacial score (nSPS) is 24.1. The maximum Gasteiger partial charge on any atom is 0.101 e. The first-order valence-electron chi connectivity index (χ1n) is 6.20. The topological polar surface area (TPSA) is 47.9 Å². The molecule has 1 aliphatic heterocycles. The van der Waals surface area contributed by atoms with Gasteiger partial charge in [0.1, 0.15) is 6.07 Å². The molecular formula is C14H19N3. The Kier molecular flexibility index (Phi) is 3.65. The molecule has 1 aromatic carbocycles. The van der Waals surface area contributed by atoms with Crippen LogP contribution in [0.15, 0.2) is 18.2 Å². The molecule has 1 aliphatic rings. The minimum Gasteiger partial charge on any atom is -0.381 e. The molecule has 1 aromatic rings. The number of rotatable bonds is 2. The van der Waals surface area contributed by atoms with Gasteiger partial charge in [-0.1, -0.05) is 12.1 Å². The fraction of sp³-hybridized carbons (Fsp3) is 0.500. The van der Waals surface area contributed by atoms with Crippen molar-refractivity contribution < 1.29 is 0 Å². The summed E-state index contributed by atoms with van der Waals surface area (Å²) in [6.45, 7) is 5.30. The van der Waals surface area contributed by atoms with E-state index in [4.69, 9.17) is 5.26 Å². The van der Waals surface area contributed by atoms with Crippen molar-refractivity contribution in [1.29, 1.82) is 5.26 Å². The highest BCUT2D eigenvalue weighted by Crippen LogP contribution is 2.23. The predicted molar refractivity (Wildman–Crippen MR) is 70.0 cm³/mol. The minimum absolute atomic E-state index is 0.472. The highest BCUT2D eigenvalue weighted by molar-refractivity contribution is 5.62. The maximum atomic E-state index is 9.12. The molecule has 0 aromatic heterocycles. The first-order valence-corrected chi connectivity index (χ1v) is 6.20. The van der Waals surface area contributed by atoms with E-state index in [0.29, 0.717) is 12.1 Å². The summed E-state index contributed by atoms with van der Waals surface area (Å²) in [6.07, 6.45) is 2.22. The van der Waals surface area contributed by atoms with E-state index in [2.05, 4.69) is 23.6 Å². The van der Waals surface area contributed by atoms with Crippen molar-refractivity contribution in [3.05, 3.63) is 29.3 Å².